The van der Waals surface area contributed by atoms with Crippen LogP contribution in [-0.4, -0.2) is 34.8 Å². The number of nitrogens with zero attached hydrogens (tertiary/aromatic N) is 3. The van der Waals surface area contributed by atoms with E-state index in [9.17, 15) is 0 Å². The van der Waals surface area contributed by atoms with E-state index >= 15 is 0 Å². The fraction of sp³-hybridized carbons (Fsp3) is 0.533. The molecule has 2 aromatic heterocycles. The minimum Gasteiger partial charge on any atom is -0.444 e. The first-order valence-corrected chi connectivity index (χ1v) is 9.53. The van der Waals surface area contributed by atoms with E-state index in [1.807, 2.05) is 25.4 Å². The topological polar surface area (TPSA) is 75.3 Å². The summed E-state index contributed by atoms with van der Waals surface area (Å²) in [7, 11) is 0. The van der Waals surface area contributed by atoms with E-state index in [1.165, 1.54) is 0 Å². The highest BCUT2D eigenvalue weighted by Gasteiger charge is 2.05. The van der Waals surface area contributed by atoms with Crippen LogP contribution in [0.2, 0.25) is 0 Å². The van der Waals surface area contributed by atoms with Crippen molar-refractivity contribution in [2.24, 2.45) is 4.99 Å². The molecule has 0 aliphatic heterocycles. The predicted octanol–water partition coefficient (Wildman–Crippen LogP) is 2.99. The van der Waals surface area contributed by atoms with Crippen LogP contribution in [0.5, 0.6) is 0 Å². The highest BCUT2D eigenvalue weighted by Crippen LogP contribution is 2.20. The van der Waals surface area contributed by atoms with Crippen LogP contribution in [0.3, 0.4) is 0 Å². The Labute approximate surface area is 145 Å². The first-order chi connectivity index (χ1) is 11.2. The molecule has 0 spiro atoms. The summed E-state index contributed by atoms with van der Waals surface area (Å²) in [6.45, 7) is 8.04. The van der Waals surface area contributed by atoms with E-state index in [-0.39, 0.29) is 0 Å². The number of thiazole rings is 1. The number of aryl methyl sites for hydroxylation is 2. The van der Waals surface area contributed by atoms with Gasteiger partial charge in [-0.3, -0.25) is 0 Å². The standard InChI is InChI=1S/C15H23N5OS2/c1-4-16-14(19-10-13-20-11(2)12(3)21-13)17-6-5-8-22-15-18-7-9-23-15/h7,9H,4-6,8,10H2,1-3H3,(H2,16,17,19). The number of oxazole rings is 1. The lowest BCUT2D eigenvalue weighted by Crippen LogP contribution is -2.37. The number of hydrogen-bond acceptors (Lipinski definition) is 6. The number of nitrogens with one attached hydrogen (secondary N) is 2. The summed E-state index contributed by atoms with van der Waals surface area (Å²) in [4.78, 5) is 13.1. The van der Waals surface area contributed by atoms with Gasteiger partial charge in [0.25, 0.3) is 0 Å². The monoisotopic (exact) mass is 353 g/mol. The highest BCUT2D eigenvalue weighted by atomic mass is 32.2. The largest absolute Gasteiger partial charge is 0.444 e. The van der Waals surface area contributed by atoms with Gasteiger partial charge < -0.3 is 15.1 Å². The van der Waals surface area contributed by atoms with Crippen LogP contribution in [0.15, 0.2) is 25.3 Å². The van der Waals surface area contributed by atoms with Crippen LogP contribution in [0, 0.1) is 13.8 Å². The Balaban J connectivity index is 1.72. The summed E-state index contributed by atoms with van der Waals surface area (Å²) in [6.07, 6.45) is 2.89. The quantitative estimate of drug-likeness (QED) is 0.329. The molecule has 8 heteroatoms. The SMILES string of the molecule is CCNC(=NCc1nc(C)c(C)o1)NCCCSc1nccs1. The number of rotatable bonds is 8. The number of aromatic nitrogens is 2. The average molecular weight is 354 g/mol. The van der Waals surface area contributed by atoms with Crippen LogP contribution in [0.4, 0.5) is 0 Å². The summed E-state index contributed by atoms with van der Waals surface area (Å²) in [5, 5.41) is 8.57. The Morgan fingerprint density at radius 3 is 2.91 bits per heavy atom. The minimum absolute atomic E-state index is 0.442. The van der Waals surface area contributed by atoms with E-state index in [2.05, 4.69) is 32.5 Å². The van der Waals surface area contributed by atoms with Gasteiger partial charge in [-0.15, -0.1) is 11.3 Å². The van der Waals surface area contributed by atoms with Crippen molar-refractivity contribution in [2.75, 3.05) is 18.8 Å². The lowest BCUT2D eigenvalue weighted by Gasteiger charge is -2.10. The number of thioether (sulfide) groups is 1. The predicted molar refractivity (Wildman–Crippen MR) is 96.3 cm³/mol. The van der Waals surface area contributed by atoms with Crippen molar-refractivity contribution in [1.82, 2.24) is 20.6 Å². The third-order valence-corrected chi connectivity index (χ3v) is 5.09. The lowest BCUT2D eigenvalue weighted by atomic mass is 10.4. The van der Waals surface area contributed by atoms with Gasteiger partial charge in [-0.1, -0.05) is 11.8 Å². The Bertz CT molecular complexity index is 590. The lowest BCUT2D eigenvalue weighted by molar-refractivity contribution is 0.473. The molecule has 0 amide bonds. The van der Waals surface area contributed by atoms with Gasteiger partial charge in [-0.2, -0.15) is 0 Å². The molecule has 2 rings (SSSR count). The maximum atomic E-state index is 5.54. The maximum absolute atomic E-state index is 5.54. The Hall–Kier alpha value is -1.54. The zero-order valence-corrected chi connectivity index (χ0v) is 15.4. The molecule has 0 bridgehead atoms. The van der Waals surface area contributed by atoms with E-state index in [0.717, 1.165) is 47.0 Å². The number of aliphatic imine (C=N–C) groups is 1. The van der Waals surface area contributed by atoms with Gasteiger partial charge in [0.1, 0.15) is 16.6 Å². The van der Waals surface area contributed by atoms with Crippen molar-refractivity contribution in [1.29, 1.82) is 0 Å². The second kappa shape index (κ2) is 9.57. The molecule has 23 heavy (non-hydrogen) atoms. The van der Waals surface area contributed by atoms with Crippen molar-refractivity contribution in [3.63, 3.8) is 0 Å². The van der Waals surface area contributed by atoms with E-state index < -0.39 is 0 Å². The van der Waals surface area contributed by atoms with Crippen molar-refractivity contribution in [3.8, 4) is 0 Å². The number of hydrogen-bond donors (Lipinski definition) is 2. The molecule has 126 valence electrons. The minimum atomic E-state index is 0.442. The molecule has 0 atom stereocenters. The molecule has 0 aromatic carbocycles. The molecule has 2 heterocycles. The molecule has 6 nitrogen and oxygen atoms in total. The van der Waals surface area contributed by atoms with E-state index in [4.69, 9.17) is 4.42 Å². The van der Waals surface area contributed by atoms with Gasteiger partial charge in [-0.25, -0.2) is 15.0 Å². The maximum Gasteiger partial charge on any atom is 0.216 e. The van der Waals surface area contributed by atoms with Gasteiger partial charge in [0, 0.05) is 30.4 Å². The van der Waals surface area contributed by atoms with Crippen molar-refractivity contribution < 1.29 is 4.42 Å². The van der Waals surface area contributed by atoms with E-state index in [0.29, 0.717) is 12.4 Å². The Morgan fingerprint density at radius 2 is 2.26 bits per heavy atom. The van der Waals surface area contributed by atoms with Crippen LogP contribution in [-0.2, 0) is 6.54 Å². The first-order valence-electron chi connectivity index (χ1n) is 7.66. The van der Waals surface area contributed by atoms with Crippen molar-refractivity contribution in [2.45, 2.75) is 38.1 Å². The smallest absolute Gasteiger partial charge is 0.216 e. The van der Waals surface area contributed by atoms with Gasteiger partial charge >= 0.3 is 0 Å². The molecule has 0 radical (unpaired) electrons. The third-order valence-electron chi connectivity index (χ3n) is 3.04. The summed E-state index contributed by atoms with van der Waals surface area (Å²) in [6, 6.07) is 0. The Kier molecular flexibility index (Phi) is 7.41. The summed E-state index contributed by atoms with van der Waals surface area (Å²) < 4.78 is 6.67. The van der Waals surface area contributed by atoms with Gasteiger partial charge in [-0.05, 0) is 27.2 Å². The number of guanidine groups is 1. The van der Waals surface area contributed by atoms with E-state index in [1.54, 1.807) is 23.1 Å². The second-order valence-corrected chi connectivity index (χ2v) is 7.11. The van der Waals surface area contributed by atoms with Crippen LogP contribution in [0.25, 0.3) is 0 Å². The summed E-state index contributed by atoms with van der Waals surface area (Å²) >= 11 is 3.47. The van der Waals surface area contributed by atoms with Crippen molar-refractivity contribution >= 4 is 29.1 Å². The normalized spacial score (nSPS) is 11.7. The molecule has 2 N–H and O–H groups in total. The molecule has 0 unspecified atom stereocenters. The summed E-state index contributed by atoms with van der Waals surface area (Å²) in [5.41, 5.74) is 0.923. The summed E-state index contributed by atoms with van der Waals surface area (Å²) in [5.74, 6) is 3.34. The van der Waals surface area contributed by atoms with Crippen LogP contribution < -0.4 is 10.6 Å². The van der Waals surface area contributed by atoms with Gasteiger partial charge in [0.15, 0.2) is 5.96 Å². The molecule has 0 fully saturated rings. The molecule has 0 saturated carbocycles. The molecular weight excluding hydrogens is 330 g/mol. The fourth-order valence-electron chi connectivity index (χ4n) is 1.82. The molecule has 0 aliphatic rings. The molecule has 2 aromatic rings. The van der Waals surface area contributed by atoms with Crippen molar-refractivity contribution in [3.05, 3.63) is 28.9 Å². The fourth-order valence-corrected chi connectivity index (χ4v) is 3.46. The third kappa shape index (κ3) is 6.23. The van der Waals surface area contributed by atoms with Crippen LogP contribution >= 0.6 is 23.1 Å². The molecule has 0 aliphatic carbocycles. The van der Waals surface area contributed by atoms with Crippen LogP contribution in [0.1, 0.15) is 30.7 Å². The highest BCUT2D eigenvalue weighted by molar-refractivity contribution is 8.00. The Morgan fingerprint density at radius 1 is 1.39 bits per heavy atom. The van der Waals surface area contributed by atoms with Gasteiger partial charge in [0.05, 0.1) is 5.69 Å². The zero-order valence-electron chi connectivity index (χ0n) is 13.8. The zero-order chi connectivity index (χ0) is 16.5. The second-order valence-electron chi connectivity index (χ2n) is 4.87. The molecule has 0 saturated heterocycles. The first kappa shape index (κ1) is 17.8. The van der Waals surface area contributed by atoms with Gasteiger partial charge in [0.2, 0.25) is 5.89 Å². The molecular formula is C15H23N5OS2. The average Bonchev–Trinajstić information content (AvgIpc) is 3.15.